The summed E-state index contributed by atoms with van der Waals surface area (Å²) in [6.45, 7) is 0. The summed E-state index contributed by atoms with van der Waals surface area (Å²) in [5.41, 5.74) is 1.18. The van der Waals surface area contributed by atoms with Crippen molar-refractivity contribution < 1.29 is 13.6 Å². The van der Waals surface area contributed by atoms with Gasteiger partial charge in [0, 0.05) is 10.0 Å². The molecule has 0 atom stereocenters. The molecule has 0 bridgehead atoms. The molecule has 0 saturated carbocycles. The van der Waals surface area contributed by atoms with E-state index in [2.05, 4.69) is 31.4 Å². The maximum absolute atomic E-state index is 13.2. The lowest BCUT2D eigenvalue weighted by molar-refractivity contribution is -0.113. The van der Waals surface area contributed by atoms with Crippen LogP contribution in [0.3, 0.4) is 0 Å². The summed E-state index contributed by atoms with van der Waals surface area (Å²) < 4.78 is 19.4. The van der Waals surface area contributed by atoms with E-state index in [1.54, 1.807) is 18.2 Å². The Morgan fingerprint density at radius 2 is 2.04 bits per heavy atom. The molecular weight excluding hydrogens is 397 g/mol. The number of carbonyl (C=O) groups excluding carboxylic acids is 1. The van der Waals surface area contributed by atoms with Gasteiger partial charge in [0.15, 0.2) is 0 Å². The van der Waals surface area contributed by atoms with Crippen molar-refractivity contribution in [3.05, 3.63) is 58.8 Å². The van der Waals surface area contributed by atoms with Crippen LogP contribution >= 0.6 is 27.7 Å². The SMILES string of the molecule is O=C(CSc1nnc(-c2cccc(F)c2)o1)Nc1ccccc1Br. The van der Waals surface area contributed by atoms with Crippen molar-refractivity contribution in [2.75, 3.05) is 11.1 Å². The average Bonchev–Trinajstić information content (AvgIpc) is 3.04. The van der Waals surface area contributed by atoms with Crippen molar-refractivity contribution in [1.29, 1.82) is 0 Å². The first kappa shape index (κ1) is 16.7. The molecule has 0 aliphatic heterocycles. The van der Waals surface area contributed by atoms with E-state index in [0.717, 1.165) is 16.2 Å². The van der Waals surface area contributed by atoms with Gasteiger partial charge in [-0.25, -0.2) is 4.39 Å². The minimum Gasteiger partial charge on any atom is -0.411 e. The number of anilines is 1. The van der Waals surface area contributed by atoms with Gasteiger partial charge in [-0.05, 0) is 46.3 Å². The highest BCUT2D eigenvalue weighted by atomic mass is 79.9. The van der Waals surface area contributed by atoms with E-state index in [0.29, 0.717) is 11.3 Å². The van der Waals surface area contributed by atoms with Crippen molar-refractivity contribution in [2.24, 2.45) is 0 Å². The summed E-state index contributed by atoms with van der Waals surface area (Å²) in [6.07, 6.45) is 0. The molecule has 0 spiro atoms. The van der Waals surface area contributed by atoms with E-state index < -0.39 is 0 Å². The Balaban J connectivity index is 1.59. The van der Waals surface area contributed by atoms with Crippen molar-refractivity contribution in [3.63, 3.8) is 0 Å². The van der Waals surface area contributed by atoms with Gasteiger partial charge in [0.2, 0.25) is 11.8 Å². The fraction of sp³-hybridized carbons (Fsp3) is 0.0625. The van der Waals surface area contributed by atoms with Gasteiger partial charge in [-0.3, -0.25) is 4.79 Å². The molecule has 3 aromatic rings. The molecule has 0 unspecified atom stereocenters. The second kappa shape index (κ2) is 7.59. The molecule has 1 heterocycles. The number of para-hydroxylation sites is 1. The highest BCUT2D eigenvalue weighted by Gasteiger charge is 2.12. The average molecular weight is 408 g/mol. The van der Waals surface area contributed by atoms with Gasteiger partial charge in [-0.1, -0.05) is 30.0 Å². The Morgan fingerprint density at radius 1 is 1.21 bits per heavy atom. The van der Waals surface area contributed by atoms with Crippen molar-refractivity contribution in [3.8, 4) is 11.5 Å². The van der Waals surface area contributed by atoms with Crippen LogP contribution in [-0.4, -0.2) is 21.9 Å². The maximum atomic E-state index is 13.2. The van der Waals surface area contributed by atoms with E-state index in [9.17, 15) is 9.18 Å². The maximum Gasteiger partial charge on any atom is 0.277 e. The first-order valence-corrected chi connectivity index (χ1v) is 8.66. The zero-order chi connectivity index (χ0) is 16.9. The topological polar surface area (TPSA) is 68.0 Å². The smallest absolute Gasteiger partial charge is 0.277 e. The highest BCUT2D eigenvalue weighted by molar-refractivity contribution is 9.10. The number of hydrogen-bond donors (Lipinski definition) is 1. The molecule has 122 valence electrons. The van der Waals surface area contributed by atoms with Gasteiger partial charge >= 0.3 is 0 Å². The van der Waals surface area contributed by atoms with E-state index in [-0.39, 0.29) is 28.6 Å². The quantitative estimate of drug-likeness (QED) is 0.635. The number of benzene rings is 2. The molecule has 0 aliphatic carbocycles. The Labute approximate surface area is 149 Å². The number of thioether (sulfide) groups is 1. The van der Waals surface area contributed by atoms with E-state index in [1.807, 2.05) is 18.2 Å². The van der Waals surface area contributed by atoms with Crippen LogP contribution < -0.4 is 5.32 Å². The van der Waals surface area contributed by atoms with Crippen molar-refractivity contribution in [1.82, 2.24) is 10.2 Å². The van der Waals surface area contributed by atoms with Gasteiger partial charge < -0.3 is 9.73 Å². The molecule has 0 saturated heterocycles. The largest absolute Gasteiger partial charge is 0.411 e. The number of aromatic nitrogens is 2. The molecule has 2 aromatic carbocycles. The summed E-state index contributed by atoms with van der Waals surface area (Å²) in [6, 6.07) is 13.2. The first-order chi connectivity index (χ1) is 11.6. The molecule has 1 N–H and O–H groups in total. The third kappa shape index (κ3) is 4.21. The summed E-state index contributed by atoms with van der Waals surface area (Å²) in [7, 11) is 0. The van der Waals surface area contributed by atoms with E-state index >= 15 is 0 Å². The second-order valence-corrected chi connectivity index (χ2v) is 6.48. The molecule has 5 nitrogen and oxygen atoms in total. The van der Waals surface area contributed by atoms with Gasteiger partial charge in [-0.2, -0.15) is 0 Å². The zero-order valence-corrected chi connectivity index (χ0v) is 14.6. The van der Waals surface area contributed by atoms with E-state index in [4.69, 9.17) is 4.42 Å². The Bertz CT molecular complexity index is 872. The Hall–Kier alpha value is -2.19. The summed E-state index contributed by atoms with van der Waals surface area (Å²) in [5.74, 6) is -0.250. The lowest BCUT2D eigenvalue weighted by Gasteiger charge is -2.05. The predicted octanol–water partition coefficient (Wildman–Crippen LogP) is 4.37. The number of halogens is 2. The molecule has 1 amide bonds. The highest BCUT2D eigenvalue weighted by Crippen LogP contribution is 2.25. The number of amides is 1. The van der Waals surface area contributed by atoms with Gasteiger partial charge in [0.25, 0.3) is 5.22 Å². The van der Waals surface area contributed by atoms with Crippen LogP contribution in [0.4, 0.5) is 10.1 Å². The second-order valence-electron chi connectivity index (χ2n) is 4.70. The standard InChI is InChI=1S/C16H11BrFN3O2S/c17-12-6-1-2-7-13(12)19-14(22)9-24-16-21-20-15(23-16)10-4-3-5-11(18)8-10/h1-8H,9H2,(H,19,22). The zero-order valence-electron chi connectivity index (χ0n) is 12.2. The number of nitrogens with one attached hydrogen (secondary N) is 1. The van der Waals surface area contributed by atoms with Gasteiger partial charge in [0.1, 0.15) is 5.82 Å². The molecule has 24 heavy (non-hydrogen) atoms. The van der Waals surface area contributed by atoms with Crippen LogP contribution in [0, 0.1) is 5.82 Å². The lowest BCUT2D eigenvalue weighted by atomic mass is 10.2. The van der Waals surface area contributed by atoms with Crippen LogP contribution in [0.1, 0.15) is 0 Å². The molecular formula is C16H11BrFN3O2S. The minimum atomic E-state index is -0.382. The van der Waals surface area contributed by atoms with Crippen LogP contribution in [0.25, 0.3) is 11.5 Å². The molecule has 3 rings (SSSR count). The number of carbonyl (C=O) groups is 1. The van der Waals surface area contributed by atoms with E-state index in [1.165, 1.54) is 12.1 Å². The van der Waals surface area contributed by atoms with Crippen LogP contribution in [0.5, 0.6) is 0 Å². The molecule has 0 fully saturated rings. The van der Waals surface area contributed by atoms with Gasteiger partial charge in [0.05, 0.1) is 11.4 Å². The Kier molecular flexibility index (Phi) is 5.27. The Morgan fingerprint density at radius 3 is 2.83 bits per heavy atom. The summed E-state index contributed by atoms with van der Waals surface area (Å²) in [4.78, 5) is 12.0. The summed E-state index contributed by atoms with van der Waals surface area (Å²) >= 11 is 4.47. The number of nitrogens with zero attached hydrogens (tertiary/aromatic N) is 2. The third-order valence-electron chi connectivity index (χ3n) is 2.95. The van der Waals surface area contributed by atoms with Crippen molar-refractivity contribution in [2.45, 2.75) is 5.22 Å². The lowest BCUT2D eigenvalue weighted by Crippen LogP contribution is -2.14. The minimum absolute atomic E-state index is 0.117. The first-order valence-electron chi connectivity index (χ1n) is 6.88. The third-order valence-corrected chi connectivity index (χ3v) is 4.46. The van der Waals surface area contributed by atoms with Crippen LogP contribution in [-0.2, 0) is 4.79 Å². The monoisotopic (exact) mass is 407 g/mol. The fourth-order valence-corrected chi connectivity index (χ4v) is 2.83. The summed E-state index contributed by atoms with van der Waals surface area (Å²) in [5, 5.41) is 10.7. The van der Waals surface area contributed by atoms with Crippen molar-refractivity contribution >= 4 is 39.3 Å². The number of hydrogen-bond acceptors (Lipinski definition) is 5. The van der Waals surface area contributed by atoms with Gasteiger partial charge in [-0.15, -0.1) is 10.2 Å². The molecule has 0 radical (unpaired) electrons. The molecule has 8 heteroatoms. The predicted molar refractivity (Wildman–Crippen MR) is 93.2 cm³/mol. The van der Waals surface area contributed by atoms with Crippen LogP contribution in [0.2, 0.25) is 0 Å². The molecule has 0 aliphatic rings. The van der Waals surface area contributed by atoms with Crippen LogP contribution in [0.15, 0.2) is 62.6 Å². The number of rotatable bonds is 5. The fourth-order valence-electron chi connectivity index (χ4n) is 1.88. The molecule has 1 aromatic heterocycles. The normalized spacial score (nSPS) is 10.6.